The van der Waals surface area contributed by atoms with Gasteiger partial charge in [0, 0.05) is 27.4 Å². The number of nitrogen functional groups attached to an aromatic ring is 1. The van der Waals surface area contributed by atoms with E-state index >= 15 is 0 Å². The van der Waals surface area contributed by atoms with Gasteiger partial charge in [-0.1, -0.05) is 29.8 Å². The third kappa shape index (κ3) is 2.88. The molecule has 3 aromatic heterocycles. The molecule has 0 bridgehead atoms. The Bertz CT molecular complexity index is 1040. The molecule has 0 spiro atoms. The lowest BCUT2D eigenvalue weighted by molar-refractivity contribution is 1.19. The highest BCUT2D eigenvalue weighted by Crippen LogP contribution is 2.32. The van der Waals surface area contributed by atoms with Crippen molar-refractivity contribution in [1.29, 1.82) is 0 Å². The second-order valence-electron chi connectivity index (χ2n) is 5.43. The quantitative estimate of drug-likeness (QED) is 0.552. The summed E-state index contributed by atoms with van der Waals surface area (Å²) in [7, 11) is 0. The number of halogens is 1. The van der Waals surface area contributed by atoms with Crippen molar-refractivity contribution < 1.29 is 0 Å². The molecule has 4 nitrogen and oxygen atoms in total. The molecule has 4 rings (SSSR count). The maximum Gasteiger partial charge on any atom is 0.192 e. The molecule has 0 saturated carbocycles. The lowest BCUT2D eigenvalue weighted by Gasteiger charge is -2.00. The molecule has 120 valence electrons. The van der Waals surface area contributed by atoms with E-state index in [1.54, 1.807) is 11.3 Å². The Balaban J connectivity index is 1.75. The summed E-state index contributed by atoms with van der Waals surface area (Å²) >= 11 is 9.40. The van der Waals surface area contributed by atoms with E-state index in [0.717, 1.165) is 42.8 Å². The van der Waals surface area contributed by atoms with Gasteiger partial charge in [0.15, 0.2) is 10.8 Å². The summed E-state index contributed by atoms with van der Waals surface area (Å²) in [6.45, 7) is 1.95. The Morgan fingerprint density at radius 1 is 1.17 bits per heavy atom. The first-order valence-electron chi connectivity index (χ1n) is 7.32. The number of thiophene rings is 1. The first-order chi connectivity index (χ1) is 11.6. The molecule has 3 heterocycles. The number of rotatable bonds is 3. The monoisotopic (exact) mass is 372 g/mol. The minimum absolute atomic E-state index is 0.490. The van der Waals surface area contributed by atoms with Crippen molar-refractivity contribution >= 4 is 50.3 Å². The molecule has 0 fully saturated rings. The second kappa shape index (κ2) is 6.12. The number of nitrogens with two attached hydrogens (primary N) is 1. The molecule has 0 aliphatic heterocycles. The van der Waals surface area contributed by atoms with Gasteiger partial charge in [0.05, 0.1) is 5.39 Å². The molecule has 1 aromatic carbocycles. The smallest absolute Gasteiger partial charge is 0.192 e. The Morgan fingerprint density at radius 3 is 2.75 bits per heavy atom. The number of thiazole rings is 1. The minimum atomic E-state index is 0.490. The van der Waals surface area contributed by atoms with E-state index in [1.807, 2.05) is 36.6 Å². The van der Waals surface area contributed by atoms with Gasteiger partial charge < -0.3 is 5.73 Å². The van der Waals surface area contributed by atoms with Crippen LogP contribution in [0.1, 0.15) is 16.1 Å². The number of fused-ring (bicyclic) bond motifs is 1. The molecule has 0 aliphatic rings. The van der Waals surface area contributed by atoms with E-state index in [0.29, 0.717) is 11.6 Å². The maximum absolute atomic E-state index is 6.26. The number of benzene rings is 1. The van der Waals surface area contributed by atoms with E-state index in [2.05, 4.69) is 21.0 Å². The highest BCUT2D eigenvalue weighted by molar-refractivity contribution is 7.18. The van der Waals surface area contributed by atoms with Crippen molar-refractivity contribution in [3.63, 3.8) is 0 Å². The van der Waals surface area contributed by atoms with E-state index in [-0.39, 0.29) is 0 Å². The molecule has 7 heteroatoms. The Kier molecular flexibility index (Phi) is 3.96. The zero-order valence-electron chi connectivity index (χ0n) is 12.8. The molecular weight excluding hydrogens is 360 g/mol. The van der Waals surface area contributed by atoms with Crippen molar-refractivity contribution in [3.05, 3.63) is 56.9 Å². The van der Waals surface area contributed by atoms with Crippen LogP contribution in [0.4, 0.5) is 5.82 Å². The van der Waals surface area contributed by atoms with Crippen molar-refractivity contribution in [2.75, 3.05) is 5.73 Å². The van der Waals surface area contributed by atoms with Crippen molar-refractivity contribution in [3.8, 4) is 10.8 Å². The molecule has 0 radical (unpaired) electrons. The van der Waals surface area contributed by atoms with Gasteiger partial charge >= 0.3 is 0 Å². The molecule has 24 heavy (non-hydrogen) atoms. The second-order valence-corrected chi connectivity index (χ2v) is 7.81. The average Bonchev–Trinajstić information content (AvgIpc) is 3.16. The van der Waals surface area contributed by atoms with E-state index in [9.17, 15) is 0 Å². The fourth-order valence-electron chi connectivity index (χ4n) is 2.46. The third-order valence-corrected chi connectivity index (χ3v) is 5.96. The number of nitrogens with zero attached hydrogens (tertiary/aromatic N) is 3. The molecule has 2 N–H and O–H groups in total. The summed E-state index contributed by atoms with van der Waals surface area (Å²) in [5, 5.41) is 4.44. The normalized spacial score (nSPS) is 11.2. The fourth-order valence-corrected chi connectivity index (χ4v) is 4.45. The molecule has 0 atom stereocenters. The first kappa shape index (κ1) is 15.5. The zero-order valence-corrected chi connectivity index (χ0v) is 15.2. The number of hydrogen-bond acceptors (Lipinski definition) is 6. The molecule has 0 unspecified atom stereocenters. The van der Waals surface area contributed by atoms with Crippen LogP contribution in [-0.2, 0) is 6.42 Å². The van der Waals surface area contributed by atoms with Crippen LogP contribution in [0.5, 0.6) is 0 Å². The summed E-state index contributed by atoms with van der Waals surface area (Å²) < 4.78 is 0. The van der Waals surface area contributed by atoms with Crippen LogP contribution in [0.25, 0.3) is 21.0 Å². The first-order valence-corrected chi connectivity index (χ1v) is 9.39. The Labute approximate surface area is 152 Å². The van der Waals surface area contributed by atoms with E-state index in [4.69, 9.17) is 17.3 Å². The summed E-state index contributed by atoms with van der Waals surface area (Å²) in [4.78, 5) is 15.5. The van der Waals surface area contributed by atoms with Crippen molar-refractivity contribution in [2.24, 2.45) is 0 Å². The van der Waals surface area contributed by atoms with Gasteiger partial charge in [0.2, 0.25) is 0 Å². The molecule has 0 amide bonds. The molecule has 4 aromatic rings. The fraction of sp³-hybridized carbons (Fsp3) is 0.118. The lowest BCUT2D eigenvalue weighted by atomic mass is 10.1. The van der Waals surface area contributed by atoms with Crippen molar-refractivity contribution in [1.82, 2.24) is 15.0 Å². The third-order valence-electron chi connectivity index (χ3n) is 3.61. The summed E-state index contributed by atoms with van der Waals surface area (Å²) in [6, 6.07) is 9.91. The van der Waals surface area contributed by atoms with Crippen LogP contribution in [0, 0.1) is 6.92 Å². The van der Waals surface area contributed by atoms with E-state index < -0.39 is 0 Å². The van der Waals surface area contributed by atoms with Crippen LogP contribution >= 0.6 is 34.3 Å². The highest BCUT2D eigenvalue weighted by Gasteiger charge is 2.14. The standard InChI is InChI=1S/C17H13ClN4S2/c1-9-8-23-17(20-9)15-21-14(19)12-7-11(24-16(12)22-15)6-10-4-2-3-5-13(10)18/h2-5,7-8H,6H2,1H3,(H2,19,21,22). The van der Waals surface area contributed by atoms with Crippen LogP contribution < -0.4 is 5.73 Å². The zero-order chi connectivity index (χ0) is 16.7. The van der Waals surface area contributed by atoms with E-state index in [1.165, 1.54) is 11.3 Å². The number of hydrogen-bond donors (Lipinski definition) is 1. The maximum atomic E-state index is 6.26. The topological polar surface area (TPSA) is 64.7 Å². The van der Waals surface area contributed by atoms with Gasteiger partial charge in [-0.3, -0.25) is 0 Å². The van der Waals surface area contributed by atoms with Crippen LogP contribution in [0.2, 0.25) is 5.02 Å². The van der Waals surface area contributed by atoms with Crippen LogP contribution in [0.3, 0.4) is 0 Å². The summed E-state index contributed by atoms with van der Waals surface area (Å²) in [5.74, 6) is 1.08. The van der Waals surface area contributed by atoms with Crippen LogP contribution in [0.15, 0.2) is 35.7 Å². The average molecular weight is 373 g/mol. The number of anilines is 1. The molecular formula is C17H13ClN4S2. The molecule has 0 aliphatic carbocycles. The van der Waals surface area contributed by atoms with Gasteiger partial charge in [-0.05, 0) is 24.6 Å². The van der Waals surface area contributed by atoms with Gasteiger partial charge in [-0.25, -0.2) is 15.0 Å². The number of aryl methyl sites for hydroxylation is 1. The minimum Gasteiger partial charge on any atom is -0.383 e. The van der Waals surface area contributed by atoms with Gasteiger partial charge in [0.25, 0.3) is 0 Å². The largest absolute Gasteiger partial charge is 0.383 e. The lowest BCUT2D eigenvalue weighted by Crippen LogP contribution is -1.95. The SMILES string of the molecule is Cc1csc(-c2nc(N)c3cc(Cc4ccccc4Cl)sc3n2)n1. The summed E-state index contributed by atoms with van der Waals surface area (Å²) in [6.07, 6.45) is 0.756. The predicted molar refractivity (Wildman–Crippen MR) is 102 cm³/mol. The Hall–Kier alpha value is -2.02. The van der Waals surface area contributed by atoms with Gasteiger partial charge in [-0.2, -0.15) is 0 Å². The Morgan fingerprint density at radius 2 is 2.00 bits per heavy atom. The molecule has 0 saturated heterocycles. The van der Waals surface area contributed by atoms with Gasteiger partial charge in [-0.15, -0.1) is 22.7 Å². The van der Waals surface area contributed by atoms with Crippen molar-refractivity contribution in [2.45, 2.75) is 13.3 Å². The highest BCUT2D eigenvalue weighted by atomic mass is 35.5. The number of aromatic nitrogens is 3. The van der Waals surface area contributed by atoms with Crippen LogP contribution in [-0.4, -0.2) is 15.0 Å². The predicted octanol–water partition coefficient (Wildman–Crippen LogP) is 4.95. The van der Waals surface area contributed by atoms with Gasteiger partial charge in [0.1, 0.15) is 10.6 Å². The summed E-state index contributed by atoms with van der Waals surface area (Å²) in [5.41, 5.74) is 8.20.